The van der Waals surface area contributed by atoms with Crippen molar-refractivity contribution in [3.8, 4) is 0 Å². The molecule has 5 N–H and O–H groups in total. The highest BCUT2D eigenvalue weighted by Crippen LogP contribution is 2.29. The lowest BCUT2D eigenvalue weighted by atomic mass is 9.85. The molecule has 226 valence electrons. The molecule has 12 nitrogen and oxygen atoms in total. The predicted molar refractivity (Wildman–Crippen MR) is 134 cm³/mol. The van der Waals surface area contributed by atoms with Crippen LogP contribution in [0.2, 0.25) is 0 Å². The number of ketones is 1. The Bertz CT molecular complexity index is 994. The van der Waals surface area contributed by atoms with Gasteiger partial charge in [0.05, 0.1) is 12.6 Å². The third-order valence-corrected chi connectivity index (χ3v) is 6.68. The Hall–Kier alpha value is -3.39. The summed E-state index contributed by atoms with van der Waals surface area (Å²) in [5, 5.41) is 7.12. The van der Waals surface area contributed by atoms with Crippen LogP contribution in [0.1, 0.15) is 66.2 Å². The number of alkyl halides is 3. The van der Waals surface area contributed by atoms with E-state index < -0.39 is 84.1 Å². The van der Waals surface area contributed by atoms with Gasteiger partial charge in [0, 0.05) is 13.0 Å². The maximum atomic E-state index is 13.6. The Morgan fingerprint density at radius 2 is 1.62 bits per heavy atom. The molecule has 0 bridgehead atoms. The number of ether oxygens (including phenoxy) is 1. The largest absolute Gasteiger partial charge is 0.464 e. The van der Waals surface area contributed by atoms with Crippen molar-refractivity contribution in [2.45, 2.75) is 96.6 Å². The number of halogens is 3. The van der Waals surface area contributed by atoms with Gasteiger partial charge in [0.1, 0.15) is 18.1 Å². The molecule has 0 aromatic heterocycles. The van der Waals surface area contributed by atoms with Crippen molar-refractivity contribution in [2.75, 3.05) is 13.2 Å². The van der Waals surface area contributed by atoms with E-state index in [1.165, 1.54) is 11.8 Å². The third-order valence-electron chi connectivity index (χ3n) is 6.68. The Balaban J connectivity index is 2.09. The predicted octanol–water partition coefficient (Wildman–Crippen LogP) is 0.915. The highest BCUT2D eigenvalue weighted by molar-refractivity contribution is 6.37. The van der Waals surface area contributed by atoms with Crippen molar-refractivity contribution in [3.63, 3.8) is 0 Å². The minimum absolute atomic E-state index is 0.105. The number of carbonyl (C=O) groups excluding carboxylic acids is 6. The Morgan fingerprint density at radius 1 is 1.00 bits per heavy atom. The fourth-order valence-corrected chi connectivity index (χ4v) is 4.17. The summed E-state index contributed by atoms with van der Waals surface area (Å²) in [7, 11) is 0. The molecule has 1 aliphatic carbocycles. The quantitative estimate of drug-likeness (QED) is 0.197. The van der Waals surface area contributed by atoms with E-state index in [1.54, 1.807) is 20.8 Å². The smallest absolute Gasteiger partial charge is 0.389 e. The van der Waals surface area contributed by atoms with Gasteiger partial charge in [-0.1, -0.05) is 20.8 Å². The topological polar surface area (TPSA) is 177 Å². The molecule has 2 aliphatic rings. The Morgan fingerprint density at radius 3 is 2.15 bits per heavy atom. The fourth-order valence-electron chi connectivity index (χ4n) is 4.17. The summed E-state index contributed by atoms with van der Waals surface area (Å²) in [5.41, 5.74) is 4.08. The number of rotatable bonds is 12. The van der Waals surface area contributed by atoms with E-state index >= 15 is 0 Å². The number of hydrogen-bond donors (Lipinski definition) is 4. The molecule has 2 rings (SSSR count). The van der Waals surface area contributed by atoms with Crippen LogP contribution in [-0.4, -0.2) is 83.9 Å². The van der Waals surface area contributed by atoms with Gasteiger partial charge in [0.25, 0.3) is 5.91 Å². The third kappa shape index (κ3) is 9.97. The number of carbonyl (C=O) groups is 6. The summed E-state index contributed by atoms with van der Waals surface area (Å²) >= 11 is 0. The number of esters is 1. The molecule has 40 heavy (non-hydrogen) atoms. The summed E-state index contributed by atoms with van der Waals surface area (Å²) < 4.78 is 43.3. The van der Waals surface area contributed by atoms with Crippen molar-refractivity contribution in [2.24, 2.45) is 17.1 Å². The zero-order valence-electron chi connectivity index (χ0n) is 23.1. The highest BCUT2D eigenvalue weighted by atomic mass is 19.4. The molecule has 1 aliphatic heterocycles. The molecule has 0 aromatic rings. The van der Waals surface area contributed by atoms with E-state index in [4.69, 9.17) is 10.5 Å². The number of amides is 5. The molecule has 1 saturated heterocycles. The van der Waals surface area contributed by atoms with Crippen molar-refractivity contribution in [3.05, 3.63) is 0 Å². The van der Waals surface area contributed by atoms with E-state index in [0.717, 1.165) is 12.8 Å². The van der Waals surface area contributed by atoms with Crippen molar-refractivity contribution in [1.29, 1.82) is 0 Å². The van der Waals surface area contributed by atoms with Gasteiger partial charge in [0.15, 0.2) is 0 Å². The SMILES string of the molecule is CC(NC(=O)NC(C(=O)N1CCC[C@H]1C(=O)NC(CCC(F)(F)F)C(=O)C(N)=O)C(C)(C)C)C(=O)OCC1CC1. The molecule has 1 heterocycles. The summed E-state index contributed by atoms with van der Waals surface area (Å²) in [6.45, 7) is 6.84. The average molecular weight is 578 g/mol. The van der Waals surface area contributed by atoms with Crippen LogP contribution in [-0.2, 0) is 28.7 Å². The van der Waals surface area contributed by atoms with Gasteiger partial charge in [0.2, 0.25) is 17.6 Å². The van der Waals surface area contributed by atoms with Crippen LogP contribution in [0.3, 0.4) is 0 Å². The first-order valence-electron chi connectivity index (χ1n) is 13.2. The minimum Gasteiger partial charge on any atom is -0.464 e. The van der Waals surface area contributed by atoms with Crippen molar-refractivity contribution in [1.82, 2.24) is 20.9 Å². The average Bonchev–Trinajstić information content (AvgIpc) is 3.54. The van der Waals surface area contributed by atoms with E-state index in [9.17, 15) is 41.9 Å². The van der Waals surface area contributed by atoms with E-state index in [2.05, 4.69) is 16.0 Å². The van der Waals surface area contributed by atoms with Crippen LogP contribution >= 0.6 is 0 Å². The van der Waals surface area contributed by atoms with Crippen LogP contribution in [0.4, 0.5) is 18.0 Å². The van der Waals surface area contributed by atoms with E-state index in [1.807, 2.05) is 0 Å². The molecule has 3 unspecified atom stereocenters. The van der Waals surface area contributed by atoms with Gasteiger partial charge in [-0.05, 0) is 50.4 Å². The zero-order chi connectivity index (χ0) is 30.4. The normalized spacial score (nSPS) is 19.7. The number of nitrogens with two attached hydrogens (primary N) is 1. The first-order chi connectivity index (χ1) is 18.4. The summed E-state index contributed by atoms with van der Waals surface area (Å²) in [4.78, 5) is 76.0. The number of urea groups is 1. The van der Waals surface area contributed by atoms with Gasteiger partial charge in [-0.15, -0.1) is 0 Å². The maximum absolute atomic E-state index is 13.6. The second-order valence-corrected chi connectivity index (χ2v) is 11.3. The molecule has 5 amide bonds. The maximum Gasteiger partial charge on any atom is 0.389 e. The number of hydrogen-bond acceptors (Lipinski definition) is 7. The van der Waals surface area contributed by atoms with Gasteiger partial charge in [-0.2, -0.15) is 13.2 Å². The van der Waals surface area contributed by atoms with Gasteiger partial charge < -0.3 is 31.3 Å². The standard InChI is InChI=1S/C25H38F3N5O7/c1-13(22(38)40-12-14-7-8-14)30-23(39)32-18(24(2,3)4)21(37)33-11-5-6-16(33)20(36)31-15(17(34)19(29)35)9-10-25(26,27)28/h13-16,18H,5-12H2,1-4H3,(H2,29,35)(H,31,36)(H2,30,32,39)/t13?,15?,16-,18?/m0/s1. The second kappa shape index (κ2) is 13.3. The molecule has 2 fully saturated rings. The summed E-state index contributed by atoms with van der Waals surface area (Å²) in [5.74, 6) is -4.73. The summed E-state index contributed by atoms with van der Waals surface area (Å²) in [6.07, 6.45) is -4.51. The second-order valence-electron chi connectivity index (χ2n) is 11.3. The monoisotopic (exact) mass is 577 g/mol. The molecule has 15 heteroatoms. The fraction of sp³-hybridized carbons (Fsp3) is 0.760. The van der Waals surface area contributed by atoms with Crippen LogP contribution in [0.25, 0.3) is 0 Å². The first-order valence-corrected chi connectivity index (χ1v) is 13.2. The lowest BCUT2D eigenvalue weighted by Crippen LogP contribution is -2.60. The number of nitrogens with zero attached hydrogens (tertiary/aromatic N) is 1. The Kier molecular flexibility index (Phi) is 10.9. The zero-order valence-corrected chi connectivity index (χ0v) is 23.1. The number of nitrogens with one attached hydrogen (secondary N) is 3. The molecule has 0 aromatic carbocycles. The van der Waals surface area contributed by atoms with Crippen molar-refractivity contribution < 1.29 is 46.7 Å². The van der Waals surface area contributed by atoms with Crippen molar-refractivity contribution >= 4 is 35.5 Å². The van der Waals surface area contributed by atoms with Crippen LogP contribution < -0.4 is 21.7 Å². The summed E-state index contributed by atoms with van der Waals surface area (Å²) in [6, 6.07) is -5.94. The molecule has 0 radical (unpaired) electrons. The lowest BCUT2D eigenvalue weighted by molar-refractivity contribution is -0.146. The molecule has 1 saturated carbocycles. The number of likely N-dealkylation sites (tertiary alicyclic amines) is 1. The Labute approximate surface area is 230 Å². The molecule has 0 spiro atoms. The lowest BCUT2D eigenvalue weighted by Gasteiger charge is -2.35. The minimum atomic E-state index is -4.64. The first kappa shape index (κ1) is 32.8. The van der Waals surface area contributed by atoms with Gasteiger partial charge >= 0.3 is 18.2 Å². The van der Waals surface area contributed by atoms with Crippen LogP contribution in [0.5, 0.6) is 0 Å². The number of primary amides is 1. The highest BCUT2D eigenvalue weighted by Gasteiger charge is 2.43. The van der Waals surface area contributed by atoms with E-state index in [-0.39, 0.29) is 19.6 Å². The van der Waals surface area contributed by atoms with Crippen LogP contribution in [0, 0.1) is 11.3 Å². The number of Topliss-reactive ketones (excluding diaryl/α,β-unsaturated/α-hetero) is 1. The van der Waals surface area contributed by atoms with Gasteiger partial charge in [-0.3, -0.25) is 19.2 Å². The molecular weight excluding hydrogens is 539 g/mol. The molecule has 4 atom stereocenters. The van der Waals surface area contributed by atoms with Crippen LogP contribution in [0.15, 0.2) is 0 Å². The molecular formula is C25H38F3N5O7. The van der Waals surface area contributed by atoms with E-state index in [0.29, 0.717) is 12.3 Å². The van der Waals surface area contributed by atoms with Gasteiger partial charge in [-0.25, -0.2) is 9.59 Å².